The minimum absolute atomic E-state index is 0.00517. The lowest BCUT2D eigenvalue weighted by Gasteiger charge is -2.30. The highest BCUT2D eigenvalue weighted by Crippen LogP contribution is 2.15. The van der Waals surface area contributed by atoms with Crippen molar-refractivity contribution in [2.24, 2.45) is 69.0 Å². The average Bonchev–Trinajstić information content (AvgIpc) is 3.37. The molecule has 11 atom stereocenters. The van der Waals surface area contributed by atoms with E-state index in [2.05, 4.69) is 52.8 Å². The predicted molar refractivity (Wildman–Crippen MR) is 310 cm³/mol. The number of carbonyl (C=O) groups excluding carboxylic acids is 10. The van der Waals surface area contributed by atoms with Crippen molar-refractivity contribution in [2.75, 3.05) is 26.2 Å². The fourth-order valence-electron chi connectivity index (χ4n) is 8.60. The zero-order valence-electron chi connectivity index (χ0n) is 50.1. The smallest absolute Gasteiger partial charge is 0.245 e. The molecular weight excluding hydrogens is 1050 g/mol. The first-order valence-corrected chi connectivity index (χ1v) is 28.8. The molecule has 0 heterocycles. The maximum atomic E-state index is 14.5. The first-order valence-electron chi connectivity index (χ1n) is 28.8. The van der Waals surface area contributed by atoms with Crippen LogP contribution in [0.1, 0.15) is 160 Å². The average molecular weight is 1150 g/mol. The highest BCUT2D eigenvalue weighted by atomic mass is 16.3. The van der Waals surface area contributed by atoms with Gasteiger partial charge in [0.05, 0.1) is 12.6 Å². The molecule has 0 radical (unpaired) electrons. The number of aliphatic hydroxyl groups is 1. The van der Waals surface area contributed by atoms with Crippen LogP contribution in [0.25, 0.3) is 0 Å². The van der Waals surface area contributed by atoms with Crippen molar-refractivity contribution in [3.63, 3.8) is 0 Å². The van der Waals surface area contributed by atoms with Crippen molar-refractivity contribution in [3.8, 4) is 0 Å². The second-order valence-corrected chi connectivity index (χ2v) is 22.7. The summed E-state index contributed by atoms with van der Waals surface area (Å²) in [6.07, 6.45) is 1.45. The van der Waals surface area contributed by atoms with Gasteiger partial charge in [-0.15, -0.1) is 0 Å². The Morgan fingerprint density at radius 2 is 0.728 bits per heavy atom. The summed E-state index contributed by atoms with van der Waals surface area (Å²) in [4.78, 5) is 141. The summed E-state index contributed by atoms with van der Waals surface area (Å²) in [6.45, 7) is 19.7. The minimum atomic E-state index is -1.63. The van der Waals surface area contributed by atoms with Gasteiger partial charge in [0.2, 0.25) is 59.1 Å². The van der Waals surface area contributed by atoms with Gasteiger partial charge >= 0.3 is 0 Å². The van der Waals surface area contributed by atoms with Crippen molar-refractivity contribution in [1.29, 1.82) is 0 Å². The van der Waals surface area contributed by atoms with Gasteiger partial charge in [-0.05, 0) is 127 Å². The highest BCUT2D eigenvalue weighted by Gasteiger charge is 2.37. The van der Waals surface area contributed by atoms with E-state index in [1.54, 1.807) is 13.8 Å². The van der Waals surface area contributed by atoms with E-state index in [-0.39, 0.29) is 107 Å². The van der Waals surface area contributed by atoms with Gasteiger partial charge in [0, 0.05) is 6.54 Å². The quantitative estimate of drug-likeness (QED) is 0.0174. The molecule has 81 heavy (non-hydrogen) atoms. The Morgan fingerprint density at radius 1 is 0.407 bits per heavy atom. The molecule has 22 N–H and O–H groups in total. The van der Waals surface area contributed by atoms with Gasteiger partial charge in [-0.2, -0.15) is 0 Å². The Morgan fingerprint density at radius 3 is 1.10 bits per heavy atom. The third-order valence-electron chi connectivity index (χ3n) is 13.2. The number of nitrogens with two attached hydrogens (primary N) is 6. The number of aliphatic hydroxyl groups excluding tert-OH is 1. The number of hydrogen-bond donors (Lipinski definition) is 16. The number of rotatable bonds is 42. The van der Waals surface area contributed by atoms with Gasteiger partial charge in [0.15, 0.2) is 5.96 Å². The van der Waals surface area contributed by atoms with Crippen LogP contribution in [0.15, 0.2) is 4.99 Å². The monoisotopic (exact) mass is 1150 g/mol. The maximum Gasteiger partial charge on any atom is 0.245 e. The van der Waals surface area contributed by atoms with Gasteiger partial charge < -0.3 is 87.4 Å². The SMILES string of the molecule is CC[C@H](C)[C@H](NC(=O)[C@H](CCCN=C(N)N)NC(=O)[C@H](CCCCN)NC(=O)[C@H](CC(C)C)NC(=O)[C@H](CC(C)C)NC(=O)CN)C(=O)N[C@@H](CCCCN)C(=O)N[C@H](C(=O)N[C@@H](CC(C)C)C(=O)N[C@@H](CC(C)C)C(N)=O)[C@@H](C)O. The zero-order valence-corrected chi connectivity index (χ0v) is 50.1. The standard InChI is InChI=1S/C54H104N16O11/c1-12-33(10)43(52(80)65-36(19-14-16-22-56)48(76)70-44(34(11)71)53(81)68-41(27-32(8)9)51(79)66-38(45(58)73)24-29(2)3)69-47(75)37(20-17-23-61-54(59)60)63-46(74)35(18-13-15-21-55)64-50(78)40(26-31(6)7)67-49(77)39(25-30(4)5)62-42(72)28-57/h29-41,43-44,71H,12-28,55-57H2,1-11H3,(H2,58,73)(H,62,72)(H,63,74)(H,64,78)(H,65,80)(H,66,79)(H,67,77)(H,68,81)(H,69,75)(H,70,76)(H4,59,60,61)/t33-,34+,35-,36-,37-,38-,39-,40-,41-,43-,44-/m0/s1. The van der Waals surface area contributed by atoms with Gasteiger partial charge in [-0.3, -0.25) is 52.9 Å². The third kappa shape index (κ3) is 31.0. The molecule has 0 aromatic rings. The summed E-state index contributed by atoms with van der Waals surface area (Å²) in [5.74, 6) is -8.52. The summed E-state index contributed by atoms with van der Waals surface area (Å²) in [6, 6.07) is -11.2. The van der Waals surface area contributed by atoms with Crippen molar-refractivity contribution in [3.05, 3.63) is 0 Å². The van der Waals surface area contributed by atoms with Crippen molar-refractivity contribution in [2.45, 2.75) is 220 Å². The largest absolute Gasteiger partial charge is 0.391 e. The van der Waals surface area contributed by atoms with Crippen LogP contribution in [0, 0.1) is 29.6 Å². The first kappa shape index (κ1) is 74.8. The van der Waals surface area contributed by atoms with E-state index in [1.807, 2.05) is 55.4 Å². The molecule has 0 aromatic carbocycles. The fraction of sp³-hybridized carbons (Fsp3) is 0.796. The van der Waals surface area contributed by atoms with Crippen LogP contribution in [0.2, 0.25) is 0 Å². The normalized spacial score (nSPS) is 15.5. The summed E-state index contributed by atoms with van der Waals surface area (Å²) < 4.78 is 0. The molecule has 27 heteroatoms. The molecular formula is C54H104N16O11. The van der Waals surface area contributed by atoms with Gasteiger partial charge in [-0.1, -0.05) is 75.7 Å². The number of primary amides is 1. The molecule has 0 unspecified atom stereocenters. The zero-order chi connectivity index (χ0) is 62.1. The molecule has 10 amide bonds. The lowest BCUT2D eigenvalue weighted by atomic mass is 9.96. The van der Waals surface area contributed by atoms with E-state index in [1.165, 1.54) is 6.92 Å². The molecule has 0 saturated heterocycles. The predicted octanol–water partition coefficient (Wildman–Crippen LogP) is -2.28. The number of nitrogens with zero attached hydrogens (tertiary/aromatic N) is 1. The van der Waals surface area contributed by atoms with Crippen LogP contribution < -0.4 is 82.3 Å². The van der Waals surface area contributed by atoms with Crippen LogP contribution in [-0.2, 0) is 47.9 Å². The van der Waals surface area contributed by atoms with Crippen molar-refractivity contribution >= 4 is 65.0 Å². The lowest BCUT2D eigenvalue weighted by Crippen LogP contribution is -2.62. The van der Waals surface area contributed by atoms with Gasteiger partial charge in [0.1, 0.15) is 54.4 Å². The van der Waals surface area contributed by atoms with Crippen LogP contribution >= 0.6 is 0 Å². The molecule has 0 spiro atoms. The Bertz CT molecular complexity index is 2020. The Kier molecular flexibility index (Phi) is 37.0. The number of aliphatic imine (C=N–C) groups is 1. The van der Waals surface area contributed by atoms with Crippen LogP contribution in [0.5, 0.6) is 0 Å². The van der Waals surface area contributed by atoms with Crippen molar-refractivity contribution in [1.82, 2.24) is 47.9 Å². The van der Waals surface area contributed by atoms with Crippen LogP contribution in [0.4, 0.5) is 0 Å². The lowest BCUT2D eigenvalue weighted by molar-refractivity contribution is -0.137. The van der Waals surface area contributed by atoms with E-state index in [4.69, 9.17) is 34.4 Å². The van der Waals surface area contributed by atoms with Crippen LogP contribution in [-0.4, -0.2) is 157 Å². The molecule has 27 nitrogen and oxygen atoms in total. The number of carbonyl (C=O) groups is 10. The summed E-state index contributed by atoms with van der Waals surface area (Å²) in [7, 11) is 0. The third-order valence-corrected chi connectivity index (χ3v) is 13.2. The number of unbranched alkanes of at least 4 members (excludes halogenated alkanes) is 2. The minimum Gasteiger partial charge on any atom is -0.391 e. The van der Waals surface area contributed by atoms with E-state index < -0.39 is 125 Å². The molecule has 0 aliphatic rings. The number of guanidine groups is 1. The highest BCUT2D eigenvalue weighted by molar-refractivity contribution is 5.98. The Balaban J connectivity index is 7.03. The van der Waals surface area contributed by atoms with Gasteiger partial charge in [0.25, 0.3) is 0 Å². The first-order chi connectivity index (χ1) is 37.9. The maximum absolute atomic E-state index is 14.5. The second-order valence-electron chi connectivity index (χ2n) is 22.7. The van der Waals surface area contributed by atoms with Crippen LogP contribution in [0.3, 0.4) is 0 Å². The molecule has 0 aromatic heterocycles. The fourth-order valence-corrected chi connectivity index (χ4v) is 8.60. The Labute approximate surface area is 479 Å². The summed E-state index contributed by atoms with van der Waals surface area (Å²) >= 11 is 0. The van der Waals surface area contributed by atoms with Gasteiger partial charge in [-0.25, -0.2) is 0 Å². The second kappa shape index (κ2) is 40.1. The number of amides is 10. The number of nitrogens with one attached hydrogen (secondary N) is 9. The molecule has 0 bridgehead atoms. The molecule has 0 fully saturated rings. The van der Waals surface area contributed by atoms with E-state index in [0.29, 0.717) is 32.1 Å². The molecule has 466 valence electrons. The van der Waals surface area contributed by atoms with E-state index in [9.17, 15) is 53.1 Å². The van der Waals surface area contributed by atoms with E-state index in [0.717, 1.165) is 0 Å². The molecule has 0 saturated carbocycles. The number of hydrogen-bond acceptors (Lipinski definition) is 15. The summed E-state index contributed by atoms with van der Waals surface area (Å²) in [5.41, 5.74) is 33.8. The topological polar surface area (TPSA) is 468 Å². The van der Waals surface area contributed by atoms with E-state index >= 15 is 0 Å². The Hall–Kier alpha value is -6.19. The summed E-state index contributed by atoms with van der Waals surface area (Å²) in [5, 5.41) is 35.0. The molecule has 0 aliphatic carbocycles. The molecule has 0 rings (SSSR count). The molecule has 0 aliphatic heterocycles. The van der Waals surface area contributed by atoms with Crippen molar-refractivity contribution < 1.29 is 53.1 Å².